The molecule has 2 N–H and O–H groups in total. The number of nitro benzene ring substituents is 1. The summed E-state index contributed by atoms with van der Waals surface area (Å²) in [4.78, 5) is 37.5. The number of hydrogen-bond donors (Lipinski definition) is 2. The number of aliphatic hydroxyl groups is 1. The first-order valence-electron chi connectivity index (χ1n) is 10.2. The molecule has 174 valence electrons. The van der Waals surface area contributed by atoms with Crippen LogP contribution in [0, 0.1) is 21.4 Å². The Bertz CT molecular complexity index is 1160. The number of β-lactam (4-membered cyclic amide) rings is 1. The van der Waals surface area contributed by atoms with Gasteiger partial charge in [0.2, 0.25) is 5.91 Å². The van der Waals surface area contributed by atoms with Gasteiger partial charge in [-0.1, -0.05) is 19.1 Å². The van der Waals surface area contributed by atoms with E-state index < -0.39 is 40.3 Å². The first-order valence-corrected chi connectivity index (χ1v) is 12.0. The van der Waals surface area contributed by atoms with Crippen molar-refractivity contribution in [2.45, 2.75) is 38.2 Å². The fraction of sp³-hybridized carbons (Fsp3) is 0.429. The Hall–Kier alpha value is -2.83. The fourth-order valence-electron chi connectivity index (χ4n) is 4.78. The summed E-state index contributed by atoms with van der Waals surface area (Å²) in [5.41, 5.74) is 0.662. The van der Waals surface area contributed by atoms with Gasteiger partial charge in [-0.05, 0) is 23.0 Å². The van der Waals surface area contributed by atoms with Gasteiger partial charge in [0.1, 0.15) is 11.4 Å². The summed E-state index contributed by atoms with van der Waals surface area (Å²) in [6, 6.07) is 5.58. The van der Waals surface area contributed by atoms with E-state index in [1.807, 2.05) is 19.4 Å². The van der Waals surface area contributed by atoms with Crippen molar-refractivity contribution in [3.63, 3.8) is 0 Å². The zero-order valence-electron chi connectivity index (χ0n) is 18.2. The number of rotatable bonds is 8. The number of carbonyl (C=O) groups is 2. The fourth-order valence-corrected chi connectivity index (χ4v) is 6.72. The predicted octanol–water partition coefficient (Wildman–Crippen LogP) is 1.88. The van der Waals surface area contributed by atoms with Crippen LogP contribution in [0.15, 0.2) is 40.2 Å². The molecule has 1 aromatic carbocycles. The van der Waals surface area contributed by atoms with Gasteiger partial charge >= 0.3 is 5.97 Å². The molecule has 1 aromatic heterocycles. The first-order chi connectivity index (χ1) is 15.5. The zero-order chi connectivity index (χ0) is 24.1. The minimum absolute atomic E-state index is 0.0367. The highest BCUT2D eigenvalue weighted by Crippen LogP contribution is 2.59. The van der Waals surface area contributed by atoms with Gasteiger partial charge in [-0.15, -0.1) is 11.8 Å². The molecule has 0 radical (unpaired) electrons. The van der Waals surface area contributed by atoms with Crippen LogP contribution in [0.2, 0.25) is 0 Å². The Morgan fingerprint density at radius 1 is 1.42 bits per heavy atom. The maximum Gasteiger partial charge on any atom is 0.353 e. The number of carboxylic acid groups (broad SMARTS) is 1. The Balaban J connectivity index is 1.75. The van der Waals surface area contributed by atoms with Crippen molar-refractivity contribution in [2.75, 3.05) is 0 Å². The summed E-state index contributed by atoms with van der Waals surface area (Å²) >= 11 is 2.76. The monoisotopic (exact) mass is 491 g/mol. The molecule has 4 atom stereocenters. The van der Waals surface area contributed by atoms with E-state index in [9.17, 15) is 29.9 Å². The predicted molar refractivity (Wildman–Crippen MR) is 120 cm³/mol. The molecule has 2 aromatic rings. The molecule has 2 aliphatic heterocycles. The molecule has 0 unspecified atom stereocenters. The number of aromatic nitrogens is 2. The van der Waals surface area contributed by atoms with E-state index in [0.29, 0.717) is 17.1 Å². The van der Waals surface area contributed by atoms with Gasteiger partial charge in [-0.3, -0.25) is 14.9 Å². The van der Waals surface area contributed by atoms with Crippen LogP contribution in [0.4, 0.5) is 5.69 Å². The standard InChI is InChI=1S/C21H22N4O6S2/c1-11(26)15-17-21(2,8-12-4-6-14(7-5-12)25(30)31)18(16(20(28)29)24(17)19(15)27)32-9-13-10-33-23(3)22-13/h4-7,10-11,15,17,26H,8-9H2,1-3H3/p+1/t11-,15-,17+,21-/m1/s1. The average Bonchev–Trinajstić information content (AvgIpc) is 3.23. The number of fused-ring (bicyclic) bond motifs is 1. The molecule has 1 amide bonds. The summed E-state index contributed by atoms with van der Waals surface area (Å²) < 4.78 is 1.70. The molecule has 0 spiro atoms. The van der Waals surface area contributed by atoms with E-state index in [0.717, 1.165) is 11.3 Å². The summed E-state index contributed by atoms with van der Waals surface area (Å²) in [6.45, 7) is 3.43. The zero-order valence-corrected chi connectivity index (χ0v) is 19.8. The van der Waals surface area contributed by atoms with Gasteiger partial charge in [0.25, 0.3) is 5.69 Å². The van der Waals surface area contributed by atoms with Crippen molar-refractivity contribution in [2.24, 2.45) is 18.4 Å². The molecule has 0 bridgehead atoms. The van der Waals surface area contributed by atoms with E-state index in [1.165, 1.54) is 47.3 Å². The van der Waals surface area contributed by atoms with Crippen LogP contribution in [0.25, 0.3) is 0 Å². The first kappa shape index (κ1) is 23.3. The summed E-state index contributed by atoms with van der Waals surface area (Å²) in [6.07, 6.45) is -0.584. The van der Waals surface area contributed by atoms with Crippen molar-refractivity contribution in [3.05, 3.63) is 61.6 Å². The number of aryl methyl sites for hydroxylation is 1. The summed E-state index contributed by atoms with van der Waals surface area (Å²) in [5, 5.41) is 37.6. The smallest absolute Gasteiger partial charge is 0.353 e. The molecule has 0 aliphatic carbocycles. The van der Waals surface area contributed by atoms with Crippen LogP contribution in [-0.4, -0.2) is 49.2 Å². The lowest BCUT2D eigenvalue weighted by Gasteiger charge is -2.51. The van der Waals surface area contributed by atoms with E-state index >= 15 is 0 Å². The molecule has 1 fully saturated rings. The summed E-state index contributed by atoms with van der Waals surface area (Å²) in [7, 11) is 1.81. The van der Waals surface area contributed by atoms with E-state index in [-0.39, 0.29) is 11.4 Å². The minimum atomic E-state index is -1.20. The van der Waals surface area contributed by atoms with Crippen molar-refractivity contribution >= 4 is 40.9 Å². The summed E-state index contributed by atoms with van der Waals surface area (Å²) in [5.74, 6) is -1.90. The van der Waals surface area contributed by atoms with Crippen LogP contribution in [-0.2, 0) is 28.8 Å². The highest BCUT2D eigenvalue weighted by Gasteiger charge is 2.66. The second-order valence-corrected chi connectivity index (χ2v) is 10.4. The lowest BCUT2D eigenvalue weighted by molar-refractivity contribution is -0.663. The molecule has 10 nitrogen and oxygen atoms in total. The van der Waals surface area contributed by atoms with Crippen LogP contribution in [0.1, 0.15) is 25.1 Å². The maximum absolute atomic E-state index is 12.9. The van der Waals surface area contributed by atoms with Gasteiger partial charge in [-0.2, -0.15) is 0 Å². The molecular weight excluding hydrogens is 468 g/mol. The van der Waals surface area contributed by atoms with E-state index in [4.69, 9.17) is 0 Å². The third-order valence-corrected chi connectivity index (χ3v) is 8.34. The number of amides is 1. The van der Waals surface area contributed by atoms with Gasteiger partial charge in [-0.25, -0.2) is 4.79 Å². The van der Waals surface area contributed by atoms with Crippen LogP contribution < -0.4 is 4.07 Å². The molecule has 33 heavy (non-hydrogen) atoms. The second kappa shape index (κ2) is 8.50. The second-order valence-electron chi connectivity index (χ2n) is 8.49. The SMILES string of the molecule is C[C@@H](O)[C@H]1C(=O)N2C(C(=O)O)=C(SCc3cs[n+](C)n3)[C@](C)(Cc3ccc([N+](=O)[O-])cc3)[C@H]12. The third-order valence-electron chi connectivity index (χ3n) is 6.18. The molecule has 3 heterocycles. The third kappa shape index (κ3) is 3.91. The van der Waals surface area contributed by atoms with Crippen molar-refractivity contribution < 1.29 is 28.8 Å². The Morgan fingerprint density at radius 2 is 2.09 bits per heavy atom. The topological polar surface area (TPSA) is 138 Å². The highest BCUT2D eigenvalue weighted by molar-refractivity contribution is 8.02. The number of non-ortho nitro benzene ring substituents is 1. The number of thioether (sulfide) groups is 1. The quantitative estimate of drug-likeness (QED) is 0.247. The maximum atomic E-state index is 12.9. The molecule has 4 rings (SSSR count). The number of benzene rings is 1. The number of nitrogens with zero attached hydrogens (tertiary/aromatic N) is 4. The number of carbonyl (C=O) groups excluding carboxylic acids is 1. The Kier molecular flexibility index (Phi) is 6.01. The molecular formula is C21H23N4O6S2+. The van der Waals surface area contributed by atoms with Gasteiger partial charge in [0.05, 0.1) is 28.4 Å². The van der Waals surface area contributed by atoms with E-state index in [2.05, 4.69) is 5.10 Å². The normalized spacial score (nSPS) is 25.1. The highest BCUT2D eigenvalue weighted by atomic mass is 32.2. The van der Waals surface area contributed by atoms with Crippen LogP contribution in [0.3, 0.4) is 0 Å². The largest absolute Gasteiger partial charge is 0.477 e. The Labute approximate surface area is 197 Å². The number of aliphatic carboxylic acids is 1. The minimum Gasteiger partial charge on any atom is -0.477 e. The number of nitro groups is 1. The number of carboxylic acids is 1. The number of aliphatic hydroxyl groups excluding tert-OH is 1. The van der Waals surface area contributed by atoms with Crippen molar-refractivity contribution in [3.8, 4) is 0 Å². The van der Waals surface area contributed by atoms with Crippen LogP contribution in [0.5, 0.6) is 0 Å². The van der Waals surface area contributed by atoms with Crippen molar-refractivity contribution in [1.82, 2.24) is 10.00 Å². The van der Waals surface area contributed by atoms with Gasteiger partial charge < -0.3 is 15.1 Å². The Morgan fingerprint density at radius 3 is 2.61 bits per heavy atom. The number of hydrogen-bond acceptors (Lipinski definition) is 8. The van der Waals surface area contributed by atoms with Gasteiger partial charge in [0, 0.05) is 33.3 Å². The molecule has 2 aliphatic rings. The molecule has 1 saturated heterocycles. The van der Waals surface area contributed by atoms with Gasteiger partial charge in [0.15, 0.2) is 18.6 Å². The lowest BCUT2D eigenvalue weighted by atomic mass is 9.67. The molecule has 12 heteroatoms. The lowest BCUT2D eigenvalue weighted by Crippen LogP contribution is -2.66. The van der Waals surface area contributed by atoms with Crippen molar-refractivity contribution in [1.29, 1.82) is 0 Å². The average molecular weight is 492 g/mol. The van der Waals surface area contributed by atoms with E-state index in [1.54, 1.807) is 16.2 Å². The van der Waals surface area contributed by atoms with Crippen LogP contribution >= 0.6 is 23.3 Å². The molecule has 0 saturated carbocycles.